The molecule has 2 aliphatic heterocycles. The van der Waals surface area contributed by atoms with Crippen molar-refractivity contribution in [1.82, 2.24) is 4.90 Å². The van der Waals surface area contributed by atoms with Crippen molar-refractivity contribution in [3.8, 4) is 0 Å². The highest BCUT2D eigenvalue weighted by Crippen LogP contribution is 2.29. The zero-order valence-electron chi connectivity index (χ0n) is 10.7. The molecule has 3 nitrogen and oxygen atoms in total. The van der Waals surface area contributed by atoms with Gasteiger partial charge in [-0.05, 0) is 38.0 Å². The van der Waals surface area contributed by atoms with Gasteiger partial charge in [-0.2, -0.15) is 0 Å². The highest BCUT2D eigenvalue weighted by atomic mass is 16.5. The van der Waals surface area contributed by atoms with Crippen LogP contribution in [0, 0.1) is 11.8 Å². The van der Waals surface area contributed by atoms with Crippen LogP contribution in [0.5, 0.6) is 0 Å². The first-order valence-corrected chi connectivity index (χ1v) is 6.76. The highest BCUT2D eigenvalue weighted by molar-refractivity contribution is 4.90. The van der Waals surface area contributed by atoms with Gasteiger partial charge in [0.15, 0.2) is 0 Å². The van der Waals surface area contributed by atoms with Crippen molar-refractivity contribution in [1.29, 1.82) is 0 Å². The van der Waals surface area contributed by atoms with Crippen molar-refractivity contribution >= 4 is 0 Å². The van der Waals surface area contributed by atoms with E-state index in [0.717, 1.165) is 25.7 Å². The van der Waals surface area contributed by atoms with Gasteiger partial charge < -0.3 is 10.5 Å². The summed E-state index contributed by atoms with van der Waals surface area (Å²) in [5.74, 6) is 1.49. The minimum absolute atomic E-state index is 0.542. The number of ether oxygens (including phenoxy) is 1. The Morgan fingerprint density at radius 2 is 2.25 bits per heavy atom. The van der Waals surface area contributed by atoms with Gasteiger partial charge >= 0.3 is 0 Å². The average molecular weight is 226 g/mol. The topological polar surface area (TPSA) is 38.5 Å². The third kappa shape index (κ3) is 2.58. The summed E-state index contributed by atoms with van der Waals surface area (Å²) < 4.78 is 5.60. The fourth-order valence-corrected chi connectivity index (χ4v) is 3.46. The van der Waals surface area contributed by atoms with Crippen LogP contribution in [0.4, 0.5) is 0 Å². The van der Waals surface area contributed by atoms with Crippen LogP contribution < -0.4 is 5.73 Å². The molecule has 2 saturated heterocycles. The Labute approximate surface area is 99.3 Å². The summed E-state index contributed by atoms with van der Waals surface area (Å²) in [6.07, 6.45) is 3.82. The zero-order valence-corrected chi connectivity index (χ0v) is 10.7. The van der Waals surface area contributed by atoms with Crippen molar-refractivity contribution in [2.75, 3.05) is 26.3 Å². The van der Waals surface area contributed by atoms with Gasteiger partial charge in [-0.1, -0.05) is 6.92 Å². The summed E-state index contributed by atoms with van der Waals surface area (Å²) in [7, 11) is 0. The average Bonchev–Trinajstić information content (AvgIpc) is 2.61. The molecule has 2 N–H and O–H groups in total. The minimum atomic E-state index is 0.542. The van der Waals surface area contributed by atoms with E-state index in [1.165, 1.54) is 25.8 Å². The second-order valence-electron chi connectivity index (χ2n) is 5.67. The van der Waals surface area contributed by atoms with Gasteiger partial charge in [0.05, 0.1) is 6.61 Å². The van der Waals surface area contributed by atoms with Gasteiger partial charge in [0, 0.05) is 31.8 Å². The van der Waals surface area contributed by atoms with Gasteiger partial charge in [-0.25, -0.2) is 0 Å². The van der Waals surface area contributed by atoms with Crippen LogP contribution in [-0.2, 0) is 4.74 Å². The van der Waals surface area contributed by atoms with E-state index >= 15 is 0 Å². The first-order valence-electron chi connectivity index (χ1n) is 6.76. The lowest BCUT2D eigenvalue weighted by Crippen LogP contribution is -2.49. The molecule has 2 aliphatic rings. The molecule has 4 unspecified atom stereocenters. The van der Waals surface area contributed by atoms with E-state index in [-0.39, 0.29) is 0 Å². The van der Waals surface area contributed by atoms with E-state index in [2.05, 4.69) is 18.7 Å². The molecule has 2 fully saturated rings. The lowest BCUT2D eigenvalue weighted by atomic mass is 9.92. The Balaban J connectivity index is 1.97. The maximum absolute atomic E-state index is 5.99. The quantitative estimate of drug-likeness (QED) is 0.792. The van der Waals surface area contributed by atoms with Crippen LogP contribution in [-0.4, -0.2) is 43.3 Å². The Morgan fingerprint density at radius 1 is 1.44 bits per heavy atom. The predicted octanol–water partition coefficient (Wildman–Crippen LogP) is 1.47. The molecule has 16 heavy (non-hydrogen) atoms. The molecule has 0 aliphatic carbocycles. The van der Waals surface area contributed by atoms with Crippen LogP contribution in [0.3, 0.4) is 0 Å². The van der Waals surface area contributed by atoms with Crippen LogP contribution in [0.25, 0.3) is 0 Å². The van der Waals surface area contributed by atoms with E-state index in [1.54, 1.807) is 0 Å². The fourth-order valence-electron chi connectivity index (χ4n) is 3.46. The molecule has 0 aromatic carbocycles. The Kier molecular flexibility index (Phi) is 4.22. The van der Waals surface area contributed by atoms with Crippen LogP contribution >= 0.6 is 0 Å². The summed E-state index contributed by atoms with van der Waals surface area (Å²) in [5, 5.41) is 0. The van der Waals surface area contributed by atoms with E-state index < -0.39 is 0 Å². The van der Waals surface area contributed by atoms with Gasteiger partial charge in [0.25, 0.3) is 0 Å². The number of hydrogen-bond acceptors (Lipinski definition) is 3. The molecule has 0 saturated carbocycles. The van der Waals surface area contributed by atoms with Crippen molar-refractivity contribution in [3.63, 3.8) is 0 Å². The molecule has 0 spiro atoms. The van der Waals surface area contributed by atoms with Crippen LogP contribution in [0.2, 0.25) is 0 Å². The van der Waals surface area contributed by atoms with E-state index in [9.17, 15) is 0 Å². The van der Waals surface area contributed by atoms with Gasteiger partial charge in [-0.15, -0.1) is 0 Å². The summed E-state index contributed by atoms with van der Waals surface area (Å²) in [5.41, 5.74) is 5.99. The molecule has 3 heteroatoms. The van der Waals surface area contributed by atoms with Crippen molar-refractivity contribution in [2.45, 2.75) is 45.2 Å². The largest absolute Gasteiger partial charge is 0.381 e. The SMILES string of the molecule is CC1CC(C)N(C(CN)C2CCCOC2)C1. The summed E-state index contributed by atoms with van der Waals surface area (Å²) in [6.45, 7) is 8.56. The third-order valence-electron chi connectivity index (χ3n) is 4.24. The van der Waals surface area contributed by atoms with Gasteiger partial charge in [0.1, 0.15) is 0 Å². The molecule has 0 bridgehead atoms. The van der Waals surface area contributed by atoms with Crippen LogP contribution in [0.15, 0.2) is 0 Å². The molecule has 4 atom stereocenters. The Bertz CT molecular complexity index is 216. The molecular weight excluding hydrogens is 200 g/mol. The minimum Gasteiger partial charge on any atom is -0.381 e. The molecule has 2 rings (SSSR count). The fraction of sp³-hybridized carbons (Fsp3) is 1.00. The van der Waals surface area contributed by atoms with Crippen molar-refractivity contribution < 1.29 is 4.74 Å². The summed E-state index contributed by atoms with van der Waals surface area (Å²) >= 11 is 0. The number of rotatable bonds is 3. The molecule has 0 aromatic rings. The summed E-state index contributed by atoms with van der Waals surface area (Å²) in [4.78, 5) is 2.63. The zero-order chi connectivity index (χ0) is 11.5. The van der Waals surface area contributed by atoms with E-state index in [4.69, 9.17) is 10.5 Å². The number of nitrogens with two attached hydrogens (primary N) is 1. The predicted molar refractivity (Wildman–Crippen MR) is 66.3 cm³/mol. The molecule has 94 valence electrons. The van der Waals surface area contributed by atoms with Crippen molar-refractivity contribution in [3.05, 3.63) is 0 Å². The standard InChI is InChI=1S/C13H26N2O/c1-10-6-11(2)15(8-10)13(7-14)12-4-3-5-16-9-12/h10-13H,3-9,14H2,1-2H3. The Hall–Kier alpha value is -0.120. The van der Waals surface area contributed by atoms with Gasteiger partial charge in [0.2, 0.25) is 0 Å². The first kappa shape index (κ1) is 12.3. The maximum Gasteiger partial charge on any atom is 0.0509 e. The lowest BCUT2D eigenvalue weighted by molar-refractivity contribution is 0.00886. The summed E-state index contributed by atoms with van der Waals surface area (Å²) in [6, 6.07) is 1.24. The molecule has 2 heterocycles. The molecular formula is C13H26N2O. The van der Waals surface area contributed by atoms with Gasteiger partial charge in [-0.3, -0.25) is 4.90 Å². The second-order valence-corrected chi connectivity index (χ2v) is 5.67. The number of nitrogens with zero attached hydrogens (tertiary/aromatic N) is 1. The first-order chi connectivity index (χ1) is 7.72. The van der Waals surface area contributed by atoms with E-state index in [1.807, 2.05) is 0 Å². The molecule has 0 aromatic heterocycles. The maximum atomic E-state index is 5.99. The lowest BCUT2D eigenvalue weighted by Gasteiger charge is -2.38. The third-order valence-corrected chi connectivity index (χ3v) is 4.24. The number of likely N-dealkylation sites (tertiary alicyclic amines) is 1. The molecule has 0 radical (unpaired) electrons. The molecule has 0 amide bonds. The highest BCUT2D eigenvalue weighted by Gasteiger charge is 2.35. The van der Waals surface area contributed by atoms with Crippen LogP contribution in [0.1, 0.15) is 33.1 Å². The number of hydrogen-bond donors (Lipinski definition) is 1. The Morgan fingerprint density at radius 3 is 2.75 bits per heavy atom. The normalized spacial score (nSPS) is 38.8. The van der Waals surface area contributed by atoms with Crippen molar-refractivity contribution in [2.24, 2.45) is 17.6 Å². The van der Waals surface area contributed by atoms with E-state index in [0.29, 0.717) is 18.0 Å². The second kappa shape index (κ2) is 5.48. The monoisotopic (exact) mass is 226 g/mol. The smallest absolute Gasteiger partial charge is 0.0509 e.